The van der Waals surface area contributed by atoms with Gasteiger partial charge in [0.25, 0.3) is 0 Å². The van der Waals surface area contributed by atoms with Crippen molar-refractivity contribution in [2.75, 3.05) is 5.32 Å². The monoisotopic (exact) mass is 375 g/mol. The van der Waals surface area contributed by atoms with E-state index in [4.69, 9.17) is 6.42 Å². The van der Waals surface area contributed by atoms with Gasteiger partial charge in [0.1, 0.15) is 0 Å². The summed E-state index contributed by atoms with van der Waals surface area (Å²) in [5.41, 5.74) is -1.22. The molecule has 0 spiro atoms. The SMILES string of the molecule is C#CCCC1(CCC(=O)Nc2cc(-c3ccccc3C(F)(F)F)[nH]n2)N=N1. The zero-order valence-electron chi connectivity index (χ0n) is 14.2. The van der Waals surface area contributed by atoms with E-state index in [1.54, 1.807) is 0 Å². The highest BCUT2D eigenvalue weighted by molar-refractivity contribution is 5.90. The number of anilines is 1. The number of hydrogen-bond donors (Lipinski definition) is 2. The molecule has 0 saturated heterocycles. The topological polar surface area (TPSA) is 82.5 Å². The van der Waals surface area contributed by atoms with Crippen LogP contribution in [-0.4, -0.2) is 21.8 Å². The Hall–Kier alpha value is -3.15. The Kier molecular flexibility index (Phi) is 4.99. The van der Waals surface area contributed by atoms with Gasteiger partial charge < -0.3 is 5.32 Å². The molecule has 0 radical (unpaired) electrons. The van der Waals surface area contributed by atoms with Gasteiger partial charge >= 0.3 is 6.18 Å². The van der Waals surface area contributed by atoms with E-state index < -0.39 is 17.4 Å². The van der Waals surface area contributed by atoms with Crippen LogP contribution in [0.15, 0.2) is 40.6 Å². The first kappa shape index (κ1) is 18.6. The number of carbonyl (C=O) groups is 1. The lowest BCUT2D eigenvalue weighted by atomic mass is 10.0. The average molecular weight is 375 g/mol. The molecule has 1 aromatic carbocycles. The molecule has 3 rings (SSSR count). The van der Waals surface area contributed by atoms with Crippen LogP contribution in [0.3, 0.4) is 0 Å². The van der Waals surface area contributed by atoms with Gasteiger partial charge in [-0.3, -0.25) is 9.89 Å². The first-order chi connectivity index (χ1) is 12.8. The van der Waals surface area contributed by atoms with E-state index in [1.807, 2.05) is 0 Å². The lowest BCUT2D eigenvalue weighted by molar-refractivity contribution is -0.137. The van der Waals surface area contributed by atoms with Gasteiger partial charge in [-0.1, -0.05) is 18.2 Å². The van der Waals surface area contributed by atoms with Crippen LogP contribution >= 0.6 is 0 Å². The highest BCUT2D eigenvalue weighted by atomic mass is 19.4. The highest BCUT2D eigenvalue weighted by Crippen LogP contribution is 2.38. The summed E-state index contributed by atoms with van der Waals surface area (Å²) in [5.74, 6) is 2.33. The number of alkyl halides is 3. The molecule has 1 aliphatic rings. The minimum absolute atomic E-state index is 0.0400. The van der Waals surface area contributed by atoms with Crippen LogP contribution in [0.25, 0.3) is 11.3 Å². The number of H-pyrrole nitrogens is 1. The van der Waals surface area contributed by atoms with Gasteiger partial charge in [-0.2, -0.15) is 28.5 Å². The van der Waals surface area contributed by atoms with E-state index in [0.29, 0.717) is 19.3 Å². The van der Waals surface area contributed by atoms with Crippen molar-refractivity contribution >= 4 is 11.7 Å². The standard InChI is InChI=1S/C18H16F3N5O/c1-2-3-9-17(25-26-17)10-8-16(27)22-15-11-14(23-24-15)12-6-4-5-7-13(12)18(19,20)21/h1,4-7,11H,3,8-10H2,(H2,22,23,24,27). The van der Waals surface area contributed by atoms with Crippen LogP contribution in [0.5, 0.6) is 0 Å². The number of hydrogen-bond acceptors (Lipinski definition) is 4. The van der Waals surface area contributed by atoms with Gasteiger partial charge in [-0.15, -0.1) is 12.3 Å². The molecule has 6 nitrogen and oxygen atoms in total. The third-order valence-corrected chi connectivity index (χ3v) is 4.17. The van der Waals surface area contributed by atoms with E-state index in [0.717, 1.165) is 6.07 Å². The Bertz CT molecular complexity index is 904. The van der Waals surface area contributed by atoms with E-state index in [9.17, 15) is 18.0 Å². The highest BCUT2D eigenvalue weighted by Gasteiger charge is 2.39. The number of halogens is 3. The fourth-order valence-electron chi connectivity index (χ4n) is 2.68. The van der Waals surface area contributed by atoms with Crippen molar-refractivity contribution in [3.05, 3.63) is 35.9 Å². The second kappa shape index (κ2) is 7.23. The number of nitrogens with zero attached hydrogens (tertiary/aromatic N) is 3. The number of rotatable bonds is 7. The molecule has 0 atom stereocenters. The normalized spacial score (nSPS) is 14.6. The molecule has 0 aliphatic carbocycles. The zero-order chi connectivity index (χ0) is 19.5. The van der Waals surface area contributed by atoms with Crippen LogP contribution in [0.4, 0.5) is 19.0 Å². The first-order valence-corrected chi connectivity index (χ1v) is 8.22. The number of aromatic nitrogens is 2. The Morgan fingerprint density at radius 3 is 2.67 bits per heavy atom. The quantitative estimate of drug-likeness (QED) is 0.704. The molecule has 1 aliphatic heterocycles. The lowest BCUT2D eigenvalue weighted by Crippen LogP contribution is -2.17. The van der Waals surface area contributed by atoms with Crippen molar-refractivity contribution in [1.29, 1.82) is 0 Å². The average Bonchev–Trinajstić information content (AvgIpc) is 3.26. The van der Waals surface area contributed by atoms with Gasteiger partial charge in [-0.05, 0) is 6.07 Å². The van der Waals surface area contributed by atoms with Crippen molar-refractivity contribution in [3.63, 3.8) is 0 Å². The Morgan fingerprint density at radius 2 is 2.00 bits per heavy atom. The smallest absolute Gasteiger partial charge is 0.309 e. The van der Waals surface area contributed by atoms with E-state index in [1.165, 1.54) is 24.3 Å². The summed E-state index contributed by atoms with van der Waals surface area (Å²) in [5, 5.41) is 16.9. The molecule has 140 valence electrons. The molecule has 0 saturated carbocycles. The molecule has 2 heterocycles. The summed E-state index contributed by atoms with van der Waals surface area (Å²) in [6.45, 7) is 0. The van der Waals surface area contributed by atoms with Gasteiger partial charge in [-0.25, -0.2) is 0 Å². The second-order valence-electron chi connectivity index (χ2n) is 6.14. The van der Waals surface area contributed by atoms with Gasteiger partial charge in [0.15, 0.2) is 11.5 Å². The largest absolute Gasteiger partial charge is 0.417 e. The fraction of sp³-hybridized carbons (Fsp3) is 0.333. The first-order valence-electron chi connectivity index (χ1n) is 8.22. The molecule has 1 aromatic heterocycles. The molecular formula is C18H16F3N5O. The number of benzene rings is 1. The predicted molar refractivity (Wildman–Crippen MR) is 92.5 cm³/mol. The summed E-state index contributed by atoms with van der Waals surface area (Å²) in [4.78, 5) is 12.1. The summed E-state index contributed by atoms with van der Waals surface area (Å²) >= 11 is 0. The van der Waals surface area contributed by atoms with Crippen molar-refractivity contribution in [3.8, 4) is 23.6 Å². The molecule has 2 aromatic rings. The van der Waals surface area contributed by atoms with Crippen molar-refractivity contribution in [2.45, 2.75) is 37.5 Å². The van der Waals surface area contributed by atoms with Crippen LogP contribution in [-0.2, 0) is 11.0 Å². The van der Waals surface area contributed by atoms with E-state index >= 15 is 0 Å². The van der Waals surface area contributed by atoms with Crippen LogP contribution in [0.1, 0.15) is 31.2 Å². The molecule has 1 amide bonds. The maximum Gasteiger partial charge on any atom is 0.417 e. The van der Waals surface area contributed by atoms with Gasteiger partial charge in [0.05, 0.1) is 11.3 Å². The fourth-order valence-corrected chi connectivity index (χ4v) is 2.68. The maximum atomic E-state index is 13.1. The molecule has 9 heteroatoms. The molecule has 0 fully saturated rings. The van der Waals surface area contributed by atoms with Crippen LogP contribution in [0, 0.1) is 12.3 Å². The maximum absolute atomic E-state index is 13.1. The molecule has 0 unspecified atom stereocenters. The number of terminal acetylenes is 1. The minimum atomic E-state index is -4.49. The predicted octanol–water partition coefficient (Wildman–Crippen LogP) is 4.39. The van der Waals surface area contributed by atoms with Crippen molar-refractivity contribution < 1.29 is 18.0 Å². The van der Waals surface area contributed by atoms with Gasteiger partial charge in [0.2, 0.25) is 5.91 Å². The van der Waals surface area contributed by atoms with Gasteiger partial charge in [0, 0.05) is 37.3 Å². The lowest BCUT2D eigenvalue weighted by Gasteiger charge is -2.10. The number of aromatic amines is 1. The minimum Gasteiger partial charge on any atom is -0.309 e. The second-order valence-corrected chi connectivity index (χ2v) is 6.14. The van der Waals surface area contributed by atoms with Crippen LogP contribution < -0.4 is 5.32 Å². The third-order valence-electron chi connectivity index (χ3n) is 4.17. The summed E-state index contributed by atoms with van der Waals surface area (Å²) in [6.07, 6.45) is 2.42. The molecule has 2 N–H and O–H groups in total. The molecule has 27 heavy (non-hydrogen) atoms. The number of carbonyl (C=O) groups excluding carboxylic acids is 1. The van der Waals surface area contributed by atoms with E-state index in [2.05, 4.69) is 31.7 Å². The Balaban J connectivity index is 1.62. The third kappa shape index (κ3) is 4.53. The Morgan fingerprint density at radius 1 is 1.26 bits per heavy atom. The van der Waals surface area contributed by atoms with E-state index in [-0.39, 0.29) is 29.4 Å². The number of amides is 1. The number of nitrogens with one attached hydrogen (secondary N) is 2. The Labute approximate surface area is 153 Å². The summed E-state index contributed by atoms with van der Waals surface area (Å²) in [6, 6.07) is 6.51. The summed E-state index contributed by atoms with van der Waals surface area (Å²) in [7, 11) is 0. The molecule has 0 bridgehead atoms. The van der Waals surface area contributed by atoms with Crippen molar-refractivity contribution in [1.82, 2.24) is 10.2 Å². The van der Waals surface area contributed by atoms with Crippen LogP contribution in [0.2, 0.25) is 0 Å². The molecular weight excluding hydrogens is 359 g/mol. The summed E-state index contributed by atoms with van der Waals surface area (Å²) < 4.78 is 39.4. The van der Waals surface area contributed by atoms with Crippen molar-refractivity contribution in [2.24, 2.45) is 10.2 Å². The zero-order valence-corrected chi connectivity index (χ0v) is 14.2.